The number of carboxylic acid groups (broad SMARTS) is 1. The Kier molecular flexibility index (Phi) is 5.65. The molecule has 1 atom stereocenters. The Labute approximate surface area is 120 Å². The molecule has 7 nitrogen and oxygen atoms in total. The summed E-state index contributed by atoms with van der Waals surface area (Å²) >= 11 is 0. The van der Waals surface area contributed by atoms with Crippen LogP contribution >= 0.6 is 0 Å². The van der Waals surface area contributed by atoms with Crippen molar-refractivity contribution in [2.75, 3.05) is 19.1 Å². The summed E-state index contributed by atoms with van der Waals surface area (Å²) in [6.07, 6.45) is -0.491. The van der Waals surface area contributed by atoms with Crippen LogP contribution in [0.1, 0.15) is 6.42 Å². The van der Waals surface area contributed by atoms with Crippen LogP contribution in [0, 0.1) is 5.82 Å². The predicted octanol–water partition coefficient (Wildman–Crippen LogP) is 0.988. The van der Waals surface area contributed by atoms with Crippen LogP contribution in [0.25, 0.3) is 0 Å². The third-order valence-electron chi connectivity index (χ3n) is 2.71. The molecule has 0 saturated heterocycles. The van der Waals surface area contributed by atoms with Crippen molar-refractivity contribution >= 4 is 23.7 Å². The number of rotatable bonds is 5. The molecule has 0 fully saturated rings. The lowest BCUT2D eigenvalue weighted by atomic mass is 10.2. The first kappa shape index (κ1) is 16.4. The molecule has 2 amide bonds. The van der Waals surface area contributed by atoms with Crippen molar-refractivity contribution in [1.29, 1.82) is 0 Å². The molecule has 0 saturated carbocycles. The summed E-state index contributed by atoms with van der Waals surface area (Å²) in [6.45, 7) is 0. The van der Waals surface area contributed by atoms with Gasteiger partial charge in [-0.05, 0) is 24.3 Å². The lowest BCUT2D eigenvalue weighted by Crippen LogP contribution is -2.47. The topological polar surface area (TPSA) is 95.9 Å². The number of esters is 1. The molecule has 0 aliphatic heterocycles. The van der Waals surface area contributed by atoms with E-state index in [0.717, 1.165) is 12.0 Å². The number of methoxy groups -OCH3 is 1. The largest absolute Gasteiger partial charge is 0.480 e. The minimum atomic E-state index is -1.41. The maximum atomic E-state index is 12.8. The summed E-state index contributed by atoms with van der Waals surface area (Å²) < 4.78 is 17.2. The number of ether oxygens (including phenoxy) is 1. The summed E-state index contributed by atoms with van der Waals surface area (Å²) in [5.41, 5.74) is 0.371. The lowest BCUT2D eigenvalue weighted by molar-refractivity contribution is -0.147. The number of nitrogens with zero attached hydrogens (tertiary/aromatic N) is 1. The number of hydrogen-bond acceptors (Lipinski definition) is 4. The normalized spacial score (nSPS) is 11.4. The molecule has 0 heterocycles. The van der Waals surface area contributed by atoms with Gasteiger partial charge in [-0.2, -0.15) is 0 Å². The van der Waals surface area contributed by atoms with Gasteiger partial charge in [-0.1, -0.05) is 0 Å². The second-order valence-electron chi connectivity index (χ2n) is 4.16. The van der Waals surface area contributed by atoms with Gasteiger partial charge in [0.15, 0.2) is 0 Å². The molecular formula is C13H15FN2O5. The van der Waals surface area contributed by atoms with E-state index in [4.69, 9.17) is 5.11 Å². The molecule has 114 valence electrons. The van der Waals surface area contributed by atoms with Crippen LogP contribution in [0.4, 0.5) is 14.9 Å². The minimum absolute atomic E-state index is 0.371. The Balaban J connectivity index is 2.74. The van der Waals surface area contributed by atoms with Crippen LogP contribution < -0.4 is 10.2 Å². The molecule has 0 bridgehead atoms. The monoisotopic (exact) mass is 298 g/mol. The third kappa shape index (κ3) is 4.75. The number of carbonyl (C=O) groups is 3. The number of urea groups is 1. The van der Waals surface area contributed by atoms with Crippen molar-refractivity contribution in [2.45, 2.75) is 12.5 Å². The van der Waals surface area contributed by atoms with E-state index in [-0.39, 0.29) is 0 Å². The van der Waals surface area contributed by atoms with Gasteiger partial charge in [0.1, 0.15) is 11.9 Å². The van der Waals surface area contributed by atoms with Gasteiger partial charge in [0.05, 0.1) is 13.5 Å². The fraction of sp³-hybridized carbons (Fsp3) is 0.308. The smallest absolute Gasteiger partial charge is 0.326 e. The summed E-state index contributed by atoms with van der Waals surface area (Å²) in [6, 6.07) is 2.92. The third-order valence-corrected chi connectivity index (χ3v) is 2.71. The Hall–Kier alpha value is -2.64. The highest BCUT2D eigenvalue weighted by Gasteiger charge is 2.25. The van der Waals surface area contributed by atoms with E-state index in [0.29, 0.717) is 5.69 Å². The van der Waals surface area contributed by atoms with E-state index in [1.54, 1.807) is 0 Å². The zero-order valence-electron chi connectivity index (χ0n) is 11.5. The average molecular weight is 298 g/mol. The van der Waals surface area contributed by atoms with Gasteiger partial charge in [-0.3, -0.25) is 9.69 Å². The van der Waals surface area contributed by atoms with E-state index >= 15 is 0 Å². The van der Waals surface area contributed by atoms with Crippen LogP contribution in [0.5, 0.6) is 0 Å². The molecule has 8 heteroatoms. The maximum Gasteiger partial charge on any atom is 0.326 e. The van der Waals surface area contributed by atoms with E-state index < -0.39 is 36.2 Å². The number of anilines is 1. The number of halogens is 1. The first-order valence-electron chi connectivity index (χ1n) is 5.94. The van der Waals surface area contributed by atoms with Crippen LogP contribution in [0.15, 0.2) is 24.3 Å². The summed E-state index contributed by atoms with van der Waals surface area (Å²) in [5.74, 6) is -2.57. The Morgan fingerprint density at radius 3 is 2.38 bits per heavy atom. The van der Waals surface area contributed by atoms with Crippen LogP contribution in [0.3, 0.4) is 0 Å². The number of amides is 2. The van der Waals surface area contributed by atoms with E-state index in [1.807, 2.05) is 0 Å². The Morgan fingerprint density at radius 2 is 1.90 bits per heavy atom. The number of carboxylic acids is 1. The molecule has 1 aromatic carbocycles. The van der Waals surface area contributed by atoms with Gasteiger partial charge in [0.25, 0.3) is 0 Å². The van der Waals surface area contributed by atoms with Crippen molar-refractivity contribution in [3.63, 3.8) is 0 Å². The molecule has 0 aliphatic rings. The fourth-order valence-electron chi connectivity index (χ4n) is 1.48. The number of carbonyl (C=O) groups excluding carboxylic acids is 2. The van der Waals surface area contributed by atoms with Crippen molar-refractivity contribution in [3.05, 3.63) is 30.1 Å². The highest BCUT2D eigenvalue weighted by atomic mass is 19.1. The van der Waals surface area contributed by atoms with E-state index in [9.17, 15) is 18.8 Å². The molecule has 1 aromatic rings. The van der Waals surface area contributed by atoms with Gasteiger partial charge in [0, 0.05) is 12.7 Å². The van der Waals surface area contributed by atoms with Crippen LogP contribution in [0.2, 0.25) is 0 Å². The zero-order chi connectivity index (χ0) is 16.0. The quantitative estimate of drug-likeness (QED) is 0.790. The van der Waals surface area contributed by atoms with Crippen molar-refractivity contribution in [2.24, 2.45) is 0 Å². The van der Waals surface area contributed by atoms with Gasteiger partial charge in [-0.25, -0.2) is 14.0 Å². The molecule has 0 spiro atoms. The second-order valence-corrected chi connectivity index (χ2v) is 4.16. The SMILES string of the molecule is COC(=O)C[C@H](NC(=O)N(C)c1ccc(F)cc1)C(=O)O. The molecule has 0 aliphatic carbocycles. The Morgan fingerprint density at radius 1 is 1.33 bits per heavy atom. The average Bonchev–Trinajstić information content (AvgIpc) is 2.46. The number of aliphatic carboxylic acids is 1. The highest BCUT2D eigenvalue weighted by Crippen LogP contribution is 2.13. The van der Waals surface area contributed by atoms with Crippen molar-refractivity contribution < 1.29 is 28.6 Å². The number of benzene rings is 1. The van der Waals surface area contributed by atoms with E-state index in [1.165, 1.54) is 31.3 Å². The lowest BCUT2D eigenvalue weighted by Gasteiger charge is -2.21. The van der Waals surface area contributed by atoms with Gasteiger partial charge in [0.2, 0.25) is 0 Å². The molecule has 0 radical (unpaired) electrons. The molecule has 0 aromatic heterocycles. The fourth-order valence-corrected chi connectivity index (χ4v) is 1.48. The predicted molar refractivity (Wildman–Crippen MR) is 71.4 cm³/mol. The van der Waals surface area contributed by atoms with Gasteiger partial charge < -0.3 is 15.2 Å². The molecule has 1 rings (SSSR count). The second kappa shape index (κ2) is 7.22. The van der Waals surface area contributed by atoms with Gasteiger partial charge in [-0.15, -0.1) is 0 Å². The number of nitrogens with one attached hydrogen (secondary N) is 1. The van der Waals surface area contributed by atoms with Crippen molar-refractivity contribution in [3.8, 4) is 0 Å². The van der Waals surface area contributed by atoms with Crippen molar-refractivity contribution in [1.82, 2.24) is 5.32 Å². The van der Waals surface area contributed by atoms with Crippen LogP contribution in [-0.4, -0.2) is 43.3 Å². The summed E-state index contributed by atoms with van der Waals surface area (Å²) in [4.78, 5) is 35.1. The highest BCUT2D eigenvalue weighted by molar-refractivity contribution is 5.95. The maximum absolute atomic E-state index is 12.8. The number of hydrogen-bond donors (Lipinski definition) is 2. The zero-order valence-corrected chi connectivity index (χ0v) is 11.5. The summed E-state index contributed by atoms with van der Waals surface area (Å²) in [5, 5.41) is 11.2. The molecule has 0 unspecified atom stereocenters. The van der Waals surface area contributed by atoms with E-state index in [2.05, 4.69) is 10.1 Å². The Bertz CT molecular complexity index is 532. The first-order valence-corrected chi connectivity index (χ1v) is 5.94. The van der Waals surface area contributed by atoms with Crippen LogP contribution in [-0.2, 0) is 14.3 Å². The standard InChI is InChI=1S/C13H15FN2O5/c1-16(9-5-3-8(14)4-6-9)13(20)15-10(12(18)19)7-11(17)21-2/h3-6,10H,7H2,1-2H3,(H,15,20)(H,18,19)/t10-/m0/s1. The first-order chi connectivity index (χ1) is 9.85. The molecule has 2 N–H and O–H groups in total. The summed E-state index contributed by atoms with van der Waals surface area (Å²) in [7, 11) is 2.51. The molecule has 21 heavy (non-hydrogen) atoms. The van der Waals surface area contributed by atoms with Gasteiger partial charge >= 0.3 is 18.0 Å². The molecular weight excluding hydrogens is 283 g/mol. The minimum Gasteiger partial charge on any atom is -0.480 e.